The van der Waals surface area contributed by atoms with Crippen LogP contribution in [0.25, 0.3) is 0 Å². The van der Waals surface area contributed by atoms with E-state index in [1.54, 1.807) is 0 Å². The van der Waals surface area contributed by atoms with Crippen LogP contribution in [-0.4, -0.2) is 36.6 Å². The van der Waals surface area contributed by atoms with Crippen LogP contribution in [0.15, 0.2) is 0 Å². The van der Waals surface area contributed by atoms with E-state index < -0.39 is 55.9 Å². The molecule has 0 bridgehead atoms. The Morgan fingerprint density at radius 3 is 1.95 bits per heavy atom. The third-order valence-corrected chi connectivity index (χ3v) is 2.07. The van der Waals surface area contributed by atoms with Crippen molar-refractivity contribution in [1.29, 1.82) is 0 Å². The van der Waals surface area contributed by atoms with Gasteiger partial charge in [0.2, 0.25) is 0 Å². The maximum atomic E-state index is 13.0. The quantitative estimate of drug-likeness (QED) is 0.275. The SMILES string of the molecule is CCOC(F)(F)C(F)(F)N(F)C(F)(F)CCCCF. The van der Waals surface area contributed by atoms with Gasteiger partial charge in [0.1, 0.15) is 0 Å². The summed E-state index contributed by atoms with van der Waals surface area (Å²) in [5.74, 6) is 0. The molecule has 116 valence electrons. The highest BCUT2D eigenvalue weighted by Gasteiger charge is 2.68. The van der Waals surface area contributed by atoms with Crippen LogP contribution in [0.5, 0.6) is 0 Å². The van der Waals surface area contributed by atoms with E-state index in [9.17, 15) is 35.2 Å². The number of hydrogen-bond acceptors (Lipinski definition) is 2. The predicted molar refractivity (Wildman–Crippen MR) is 49.2 cm³/mol. The second-order valence-electron chi connectivity index (χ2n) is 3.58. The molecule has 19 heavy (non-hydrogen) atoms. The van der Waals surface area contributed by atoms with Gasteiger partial charge in [-0.15, -0.1) is 4.48 Å². The van der Waals surface area contributed by atoms with Gasteiger partial charge >= 0.3 is 18.2 Å². The van der Waals surface area contributed by atoms with Crippen molar-refractivity contribution in [1.82, 2.24) is 5.12 Å². The largest absolute Gasteiger partial charge is 0.437 e. The summed E-state index contributed by atoms with van der Waals surface area (Å²) in [5.41, 5.74) is 0. The lowest BCUT2D eigenvalue weighted by molar-refractivity contribution is -0.459. The van der Waals surface area contributed by atoms with Crippen LogP contribution in [0.4, 0.5) is 35.2 Å². The Bertz CT molecular complexity index is 273. The van der Waals surface area contributed by atoms with E-state index in [1.807, 2.05) is 0 Å². The first-order valence-electron chi connectivity index (χ1n) is 5.32. The summed E-state index contributed by atoms with van der Waals surface area (Å²) in [6.45, 7) is -1.02. The molecule has 0 aromatic heterocycles. The minimum Gasteiger partial charge on any atom is -0.315 e. The minimum atomic E-state index is -5.85. The summed E-state index contributed by atoms with van der Waals surface area (Å²) in [7, 11) is 0. The molecule has 0 radical (unpaired) electrons. The topological polar surface area (TPSA) is 12.5 Å². The summed E-state index contributed by atoms with van der Waals surface area (Å²) in [6.07, 6.45) is -8.00. The van der Waals surface area contributed by atoms with Gasteiger partial charge in [-0.3, -0.25) is 4.39 Å². The fourth-order valence-electron chi connectivity index (χ4n) is 1.12. The minimum absolute atomic E-state index is 0.420. The molecular formula is C9H13F8NO. The monoisotopic (exact) mass is 303 g/mol. The molecule has 0 fully saturated rings. The van der Waals surface area contributed by atoms with Crippen LogP contribution in [0.1, 0.15) is 26.2 Å². The van der Waals surface area contributed by atoms with Crippen LogP contribution >= 0.6 is 0 Å². The Hall–Kier alpha value is -0.640. The second kappa shape index (κ2) is 6.69. The smallest absolute Gasteiger partial charge is 0.315 e. The fraction of sp³-hybridized carbons (Fsp3) is 1.00. The average Bonchev–Trinajstić information content (AvgIpc) is 2.27. The van der Waals surface area contributed by atoms with Gasteiger partial charge in [-0.05, 0) is 24.9 Å². The van der Waals surface area contributed by atoms with E-state index in [-0.39, 0.29) is 0 Å². The Morgan fingerprint density at radius 2 is 1.53 bits per heavy atom. The van der Waals surface area contributed by atoms with Crippen LogP contribution in [0, 0.1) is 0 Å². The molecule has 0 rings (SSSR count). The van der Waals surface area contributed by atoms with E-state index in [0.717, 1.165) is 6.92 Å². The maximum Gasteiger partial charge on any atom is 0.437 e. The Kier molecular flexibility index (Phi) is 6.46. The average molecular weight is 303 g/mol. The molecular weight excluding hydrogens is 290 g/mol. The number of hydrogen-bond donors (Lipinski definition) is 0. The highest BCUT2D eigenvalue weighted by Crippen LogP contribution is 2.44. The number of ether oxygens (including phenoxy) is 1. The highest BCUT2D eigenvalue weighted by atomic mass is 19.3. The first-order valence-corrected chi connectivity index (χ1v) is 5.32. The number of halogens is 8. The van der Waals surface area contributed by atoms with Crippen molar-refractivity contribution in [2.24, 2.45) is 0 Å². The molecule has 0 aliphatic carbocycles. The van der Waals surface area contributed by atoms with Gasteiger partial charge in [0.25, 0.3) is 0 Å². The lowest BCUT2D eigenvalue weighted by Gasteiger charge is -2.33. The molecule has 0 N–H and O–H groups in total. The summed E-state index contributed by atoms with van der Waals surface area (Å²) >= 11 is 0. The Balaban J connectivity index is 4.89. The van der Waals surface area contributed by atoms with E-state index in [2.05, 4.69) is 4.74 Å². The number of nitrogens with zero attached hydrogens (tertiary/aromatic N) is 1. The molecule has 0 aliphatic rings. The standard InChI is InChI=1S/C9H13F8NO/c1-2-19-9(15,16)8(13,14)18(17)7(11,12)5-3-4-6-10/h2-6H2,1H3. The Morgan fingerprint density at radius 1 is 1.00 bits per heavy atom. The lowest BCUT2D eigenvalue weighted by atomic mass is 10.2. The lowest BCUT2D eigenvalue weighted by Crippen LogP contribution is -2.58. The zero-order valence-electron chi connectivity index (χ0n) is 9.91. The second-order valence-corrected chi connectivity index (χ2v) is 3.58. The van der Waals surface area contributed by atoms with Gasteiger partial charge in [0.05, 0.1) is 13.3 Å². The van der Waals surface area contributed by atoms with Crippen molar-refractivity contribution >= 4 is 0 Å². The van der Waals surface area contributed by atoms with Crippen LogP contribution in [-0.2, 0) is 4.74 Å². The maximum absolute atomic E-state index is 13.0. The van der Waals surface area contributed by atoms with Gasteiger partial charge in [0.15, 0.2) is 0 Å². The highest BCUT2D eigenvalue weighted by molar-refractivity contribution is 4.78. The Labute approximate surface area is 104 Å². The van der Waals surface area contributed by atoms with Crippen molar-refractivity contribution in [3.05, 3.63) is 0 Å². The molecule has 0 aliphatic heterocycles. The molecule has 0 saturated heterocycles. The van der Waals surface area contributed by atoms with Crippen LogP contribution in [0.2, 0.25) is 0 Å². The summed E-state index contributed by atoms with van der Waals surface area (Å²) in [6, 6.07) is -10.7. The molecule has 0 amide bonds. The van der Waals surface area contributed by atoms with Crippen LogP contribution in [0.3, 0.4) is 0 Å². The van der Waals surface area contributed by atoms with Gasteiger partial charge in [-0.2, -0.15) is 26.3 Å². The van der Waals surface area contributed by atoms with E-state index in [4.69, 9.17) is 0 Å². The molecule has 0 aromatic rings. The van der Waals surface area contributed by atoms with E-state index in [0.29, 0.717) is 0 Å². The first-order chi connectivity index (χ1) is 8.53. The first kappa shape index (κ1) is 18.4. The third-order valence-electron chi connectivity index (χ3n) is 2.07. The van der Waals surface area contributed by atoms with Crippen molar-refractivity contribution in [3.63, 3.8) is 0 Å². The summed E-state index contributed by atoms with van der Waals surface area (Å²) in [5, 5.41) is -2.53. The summed E-state index contributed by atoms with van der Waals surface area (Å²) in [4.78, 5) is 0. The normalized spacial score (nSPS) is 14.2. The van der Waals surface area contributed by atoms with E-state index in [1.165, 1.54) is 0 Å². The summed E-state index contributed by atoms with van der Waals surface area (Å²) < 4.78 is 105. The molecule has 0 spiro atoms. The molecule has 0 atom stereocenters. The van der Waals surface area contributed by atoms with Gasteiger partial charge < -0.3 is 4.74 Å². The van der Waals surface area contributed by atoms with Gasteiger partial charge in [-0.25, -0.2) is 0 Å². The van der Waals surface area contributed by atoms with Crippen LogP contribution < -0.4 is 0 Å². The number of rotatable bonds is 9. The van der Waals surface area contributed by atoms with Crippen molar-refractivity contribution in [2.45, 2.75) is 44.4 Å². The van der Waals surface area contributed by atoms with Gasteiger partial charge in [-0.1, -0.05) is 0 Å². The third kappa shape index (κ3) is 4.44. The van der Waals surface area contributed by atoms with Crippen molar-refractivity contribution in [2.75, 3.05) is 13.3 Å². The molecule has 0 saturated carbocycles. The molecule has 0 aromatic carbocycles. The van der Waals surface area contributed by atoms with Gasteiger partial charge in [0, 0.05) is 6.42 Å². The zero-order valence-corrected chi connectivity index (χ0v) is 9.91. The molecule has 0 unspecified atom stereocenters. The number of alkyl halides is 7. The van der Waals surface area contributed by atoms with Crippen molar-refractivity contribution in [3.8, 4) is 0 Å². The predicted octanol–water partition coefficient (Wildman–Crippen LogP) is 4.13. The van der Waals surface area contributed by atoms with E-state index >= 15 is 0 Å². The zero-order chi connectivity index (χ0) is 15.3. The molecule has 2 nitrogen and oxygen atoms in total. The molecule has 0 heterocycles. The van der Waals surface area contributed by atoms with Crippen molar-refractivity contribution < 1.29 is 40.0 Å². The molecule has 10 heteroatoms. The number of unbranched alkanes of at least 4 members (excludes halogenated alkanes) is 1. The fourth-order valence-corrected chi connectivity index (χ4v) is 1.12.